The minimum atomic E-state index is -0.478. The van der Waals surface area contributed by atoms with E-state index in [2.05, 4.69) is 35.5 Å². The van der Waals surface area contributed by atoms with Crippen LogP contribution in [-0.4, -0.2) is 48.8 Å². The molecule has 0 spiro atoms. The second-order valence-corrected chi connectivity index (χ2v) is 6.41. The van der Waals surface area contributed by atoms with Gasteiger partial charge >= 0.3 is 0 Å². The second kappa shape index (κ2) is 7.98. The van der Waals surface area contributed by atoms with Crippen LogP contribution in [0.25, 0.3) is 11.4 Å². The molecule has 0 amide bonds. The fourth-order valence-corrected chi connectivity index (χ4v) is 2.88. The summed E-state index contributed by atoms with van der Waals surface area (Å²) in [4.78, 5) is 17.3. The monoisotopic (exact) mass is 389 g/mol. The summed E-state index contributed by atoms with van der Waals surface area (Å²) in [5.74, 6) is 6.44. The van der Waals surface area contributed by atoms with E-state index >= 15 is 0 Å². The van der Waals surface area contributed by atoms with E-state index in [1.165, 1.54) is 12.4 Å². The van der Waals surface area contributed by atoms with Crippen LogP contribution in [0.1, 0.15) is 11.1 Å². The van der Waals surface area contributed by atoms with Gasteiger partial charge in [0.2, 0.25) is 0 Å². The first kappa shape index (κ1) is 18.4. The molecule has 146 valence electrons. The predicted octanol–water partition coefficient (Wildman–Crippen LogP) is 0.844. The predicted molar refractivity (Wildman–Crippen MR) is 110 cm³/mol. The Morgan fingerprint density at radius 1 is 1.21 bits per heavy atom. The molecule has 4 N–H and O–H groups in total. The van der Waals surface area contributed by atoms with Gasteiger partial charge in [-0.05, 0) is 11.6 Å². The van der Waals surface area contributed by atoms with Gasteiger partial charge in [-0.1, -0.05) is 18.2 Å². The van der Waals surface area contributed by atoms with E-state index in [-0.39, 0.29) is 5.75 Å². The van der Waals surface area contributed by atoms with Crippen molar-refractivity contribution in [2.75, 3.05) is 0 Å². The molecule has 1 unspecified atom stereocenters. The van der Waals surface area contributed by atoms with Gasteiger partial charge in [-0.2, -0.15) is 10.2 Å². The maximum absolute atomic E-state index is 9.35. The molecule has 0 bridgehead atoms. The molecule has 10 nitrogen and oxygen atoms in total. The Balaban J connectivity index is 1.51. The van der Waals surface area contributed by atoms with Crippen LogP contribution in [0.5, 0.6) is 5.75 Å². The quantitative estimate of drug-likeness (QED) is 0.437. The van der Waals surface area contributed by atoms with Crippen molar-refractivity contribution in [1.29, 1.82) is 0 Å². The van der Waals surface area contributed by atoms with Crippen LogP contribution >= 0.6 is 0 Å². The van der Waals surface area contributed by atoms with Gasteiger partial charge in [0.15, 0.2) is 23.6 Å². The first-order chi connectivity index (χ1) is 14.1. The molecular weight excluding hydrogens is 370 g/mol. The number of aryl methyl sites for hydroxylation is 1. The fraction of sp³-hybridized carbons (Fsp3) is 0.158. The van der Waals surface area contributed by atoms with Crippen molar-refractivity contribution in [1.82, 2.24) is 25.1 Å². The van der Waals surface area contributed by atoms with Crippen LogP contribution in [0.2, 0.25) is 0 Å². The maximum atomic E-state index is 9.35. The molecule has 10 heteroatoms. The third-order valence-corrected chi connectivity index (χ3v) is 4.29. The van der Waals surface area contributed by atoms with E-state index in [0.717, 1.165) is 16.7 Å². The topological polar surface area (TPSA) is 139 Å². The van der Waals surface area contributed by atoms with Crippen molar-refractivity contribution >= 4 is 17.8 Å². The Morgan fingerprint density at radius 3 is 2.76 bits per heavy atom. The first-order valence-corrected chi connectivity index (χ1v) is 8.85. The van der Waals surface area contributed by atoms with Crippen molar-refractivity contribution in [3.8, 4) is 17.1 Å². The zero-order valence-corrected chi connectivity index (χ0v) is 15.6. The summed E-state index contributed by atoms with van der Waals surface area (Å²) in [6.07, 6.45) is 7.48. The van der Waals surface area contributed by atoms with Gasteiger partial charge in [0.05, 0.1) is 30.5 Å². The number of nitrogens with zero attached hydrogens (tertiary/aromatic N) is 7. The van der Waals surface area contributed by atoms with Crippen LogP contribution in [0, 0.1) is 0 Å². The Labute approximate surface area is 166 Å². The standard InChI is InChI=1S/C19H19N9O/c1-28-11-14(7-25-28)16-10-24-19(27-20)18(26-16)21-6-12-3-2-4-13(5-12)17-22-8-15(29)9-23-17/h2-5,7-11,18,21,29H,6,20H2,1H3. The minimum absolute atomic E-state index is 0.0281. The molecule has 2 aromatic heterocycles. The number of nitrogens with one attached hydrogen (secondary N) is 1. The lowest BCUT2D eigenvalue weighted by Gasteiger charge is -2.18. The van der Waals surface area contributed by atoms with Gasteiger partial charge in [-0.15, -0.1) is 0 Å². The number of rotatable bonds is 5. The van der Waals surface area contributed by atoms with Gasteiger partial charge < -0.3 is 10.9 Å². The molecule has 0 saturated carbocycles. The van der Waals surface area contributed by atoms with E-state index in [4.69, 9.17) is 5.84 Å². The largest absolute Gasteiger partial charge is 0.505 e. The highest BCUT2D eigenvalue weighted by atomic mass is 16.3. The van der Waals surface area contributed by atoms with Crippen molar-refractivity contribution in [2.45, 2.75) is 12.7 Å². The van der Waals surface area contributed by atoms with E-state index in [1.807, 2.05) is 37.5 Å². The van der Waals surface area contributed by atoms with Crippen molar-refractivity contribution in [2.24, 2.45) is 28.0 Å². The SMILES string of the molecule is Cn1cc(C2=NC(NCc3cccc(-c4ncc(O)cn4)c3)C(=NN)N=C2)cn1. The van der Waals surface area contributed by atoms with E-state index in [9.17, 15) is 5.11 Å². The molecule has 4 rings (SSSR count). The Morgan fingerprint density at radius 2 is 2.03 bits per heavy atom. The van der Waals surface area contributed by atoms with Crippen molar-refractivity contribution < 1.29 is 5.11 Å². The lowest BCUT2D eigenvalue weighted by Crippen LogP contribution is -2.38. The molecule has 0 radical (unpaired) electrons. The maximum Gasteiger partial charge on any atom is 0.187 e. The highest BCUT2D eigenvalue weighted by molar-refractivity contribution is 6.40. The normalized spacial score (nSPS) is 17.5. The zero-order chi connectivity index (χ0) is 20.2. The number of hydrazone groups is 1. The number of nitrogens with two attached hydrogens (primary N) is 1. The number of hydrogen-bond acceptors (Lipinski definition) is 8. The molecule has 1 aliphatic heterocycles. The first-order valence-electron chi connectivity index (χ1n) is 8.85. The average Bonchev–Trinajstić information content (AvgIpc) is 3.19. The molecule has 0 fully saturated rings. The molecule has 1 aromatic carbocycles. The van der Waals surface area contributed by atoms with E-state index in [0.29, 0.717) is 23.9 Å². The summed E-state index contributed by atoms with van der Waals surface area (Å²) >= 11 is 0. The lowest BCUT2D eigenvalue weighted by atomic mass is 10.1. The van der Waals surface area contributed by atoms with Gasteiger partial charge in [-0.25, -0.2) is 15.0 Å². The number of hydrogen-bond donors (Lipinski definition) is 3. The summed E-state index contributed by atoms with van der Waals surface area (Å²) in [6, 6.07) is 7.78. The van der Waals surface area contributed by atoms with Gasteiger partial charge in [-0.3, -0.25) is 15.0 Å². The smallest absolute Gasteiger partial charge is 0.187 e. The number of aliphatic imine (C=N–C) groups is 2. The average molecular weight is 389 g/mol. The molecule has 3 heterocycles. The molecule has 0 saturated heterocycles. The summed E-state index contributed by atoms with van der Waals surface area (Å²) in [5.41, 5.74) is 3.42. The summed E-state index contributed by atoms with van der Waals surface area (Å²) in [5, 5.41) is 20.6. The molecule has 1 aliphatic rings. The van der Waals surface area contributed by atoms with Gasteiger partial charge in [0, 0.05) is 30.9 Å². The minimum Gasteiger partial charge on any atom is -0.505 e. The van der Waals surface area contributed by atoms with Gasteiger partial charge in [0.1, 0.15) is 0 Å². The van der Waals surface area contributed by atoms with Crippen LogP contribution in [0.3, 0.4) is 0 Å². The third-order valence-electron chi connectivity index (χ3n) is 4.29. The number of benzene rings is 1. The Kier molecular flexibility index (Phi) is 5.08. The lowest BCUT2D eigenvalue weighted by molar-refractivity contribution is 0.470. The molecule has 0 aliphatic carbocycles. The number of aromatic nitrogens is 4. The third kappa shape index (κ3) is 4.17. The van der Waals surface area contributed by atoms with E-state index in [1.54, 1.807) is 17.1 Å². The van der Waals surface area contributed by atoms with E-state index < -0.39 is 6.17 Å². The van der Waals surface area contributed by atoms with Crippen LogP contribution in [0.4, 0.5) is 0 Å². The van der Waals surface area contributed by atoms with Crippen molar-refractivity contribution in [3.63, 3.8) is 0 Å². The second-order valence-electron chi connectivity index (χ2n) is 6.41. The molecule has 29 heavy (non-hydrogen) atoms. The summed E-state index contributed by atoms with van der Waals surface area (Å²) in [6.45, 7) is 0.509. The molecule has 1 atom stereocenters. The number of aromatic hydroxyl groups is 1. The molecular formula is C19H19N9O. The Hall–Kier alpha value is -3.92. The van der Waals surface area contributed by atoms with Crippen LogP contribution < -0.4 is 11.2 Å². The van der Waals surface area contributed by atoms with Crippen LogP contribution in [-0.2, 0) is 13.6 Å². The Bertz CT molecular complexity index is 1100. The molecule has 3 aromatic rings. The summed E-state index contributed by atoms with van der Waals surface area (Å²) in [7, 11) is 1.84. The van der Waals surface area contributed by atoms with Crippen LogP contribution in [0.15, 0.2) is 64.1 Å². The fourth-order valence-electron chi connectivity index (χ4n) is 2.88. The zero-order valence-electron chi connectivity index (χ0n) is 15.6. The number of amidine groups is 1. The van der Waals surface area contributed by atoms with Gasteiger partial charge in [0.25, 0.3) is 0 Å². The van der Waals surface area contributed by atoms with Crippen molar-refractivity contribution in [3.05, 3.63) is 60.2 Å². The highest BCUT2D eigenvalue weighted by Gasteiger charge is 2.20. The summed E-state index contributed by atoms with van der Waals surface area (Å²) < 4.78 is 1.71. The highest BCUT2D eigenvalue weighted by Crippen LogP contribution is 2.18.